The second-order valence-electron chi connectivity index (χ2n) is 5.98. The van der Waals surface area contributed by atoms with Gasteiger partial charge in [0, 0.05) is 26.7 Å². The highest BCUT2D eigenvalue weighted by Gasteiger charge is 2.17. The number of rotatable bonds is 8. The molecule has 26 heavy (non-hydrogen) atoms. The molecule has 0 aromatic heterocycles. The van der Waals surface area contributed by atoms with E-state index < -0.39 is 16.6 Å². The molecule has 0 amide bonds. The lowest BCUT2D eigenvalue weighted by Crippen LogP contribution is -2.22. The summed E-state index contributed by atoms with van der Waals surface area (Å²) in [6.07, 6.45) is 0. The van der Waals surface area contributed by atoms with Crippen LogP contribution in [0.25, 0.3) is 0 Å². The highest BCUT2D eigenvalue weighted by atomic mass is 32.2. The number of ether oxygens (including phenoxy) is 1. The highest BCUT2D eigenvalue weighted by Crippen LogP contribution is 2.19. The maximum atomic E-state index is 12.1. The molecule has 2 aromatic carbocycles. The molecule has 1 N–H and O–H groups in total. The lowest BCUT2D eigenvalue weighted by molar-refractivity contribution is -0.0498. The maximum absolute atomic E-state index is 12.1. The van der Waals surface area contributed by atoms with E-state index in [2.05, 4.69) is 10.1 Å². The number of nitrogens with zero attached hydrogens (tertiary/aromatic N) is 1. The van der Waals surface area contributed by atoms with Crippen LogP contribution in [0.4, 0.5) is 8.78 Å². The molecule has 0 heterocycles. The Morgan fingerprint density at radius 3 is 2.12 bits per heavy atom. The van der Waals surface area contributed by atoms with Gasteiger partial charge in [-0.1, -0.05) is 24.3 Å². The van der Waals surface area contributed by atoms with Gasteiger partial charge in [0.25, 0.3) is 0 Å². The first kappa shape index (κ1) is 20.3. The first-order valence-electron chi connectivity index (χ1n) is 8.00. The number of halogens is 2. The van der Waals surface area contributed by atoms with Gasteiger partial charge in [-0.15, -0.1) is 0 Å². The molecule has 1 unspecified atom stereocenters. The van der Waals surface area contributed by atoms with Crippen molar-refractivity contribution in [3.05, 3.63) is 59.7 Å². The van der Waals surface area contributed by atoms with Crippen molar-refractivity contribution in [3.63, 3.8) is 0 Å². The van der Waals surface area contributed by atoms with Crippen LogP contribution in [0.1, 0.15) is 24.1 Å². The first-order chi connectivity index (χ1) is 12.2. The van der Waals surface area contributed by atoms with Gasteiger partial charge >= 0.3 is 6.61 Å². The van der Waals surface area contributed by atoms with E-state index >= 15 is 0 Å². The van der Waals surface area contributed by atoms with Crippen molar-refractivity contribution in [1.29, 1.82) is 0 Å². The predicted molar refractivity (Wildman–Crippen MR) is 95.6 cm³/mol. The number of nitrogens with one attached hydrogen (secondary N) is 1. The zero-order valence-corrected chi connectivity index (χ0v) is 15.6. The van der Waals surface area contributed by atoms with E-state index in [-0.39, 0.29) is 16.7 Å². The van der Waals surface area contributed by atoms with Gasteiger partial charge in [-0.3, -0.25) is 0 Å². The molecule has 0 saturated heterocycles. The van der Waals surface area contributed by atoms with Gasteiger partial charge in [-0.2, -0.15) is 8.78 Å². The summed E-state index contributed by atoms with van der Waals surface area (Å²) in [5.74, 6) is 0.120. The molecule has 142 valence electrons. The van der Waals surface area contributed by atoms with Crippen molar-refractivity contribution < 1.29 is 21.9 Å². The zero-order chi connectivity index (χ0) is 19.3. The van der Waals surface area contributed by atoms with Crippen LogP contribution in [-0.4, -0.2) is 33.4 Å². The van der Waals surface area contributed by atoms with Crippen molar-refractivity contribution in [2.24, 2.45) is 0 Å². The van der Waals surface area contributed by atoms with E-state index in [1.165, 1.54) is 30.5 Å². The summed E-state index contributed by atoms with van der Waals surface area (Å²) in [6, 6.07) is 13.1. The summed E-state index contributed by atoms with van der Waals surface area (Å²) >= 11 is 0. The smallest absolute Gasteiger partial charge is 0.387 e. The van der Waals surface area contributed by atoms with Crippen molar-refractivity contribution in [1.82, 2.24) is 9.62 Å². The average molecular weight is 384 g/mol. The molecular formula is C18H22F2N2O3S. The molecule has 0 spiro atoms. The largest absolute Gasteiger partial charge is 0.435 e. The summed E-state index contributed by atoms with van der Waals surface area (Å²) in [6.45, 7) is -0.337. The molecule has 1 atom stereocenters. The van der Waals surface area contributed by atoms with Crippen molar-refractivity contribution in [2.45, 2.75) is 31.0 Å². The van der Waals surface area contributed by atoms with Gasteiger partial charge in [-0.05, 0) is 42.3 Å². The second kappa shape index (κ2) is 8.57. The lowest BCUT2D eigenvalue weighted by atomic mass is 10.1. The van der Waals surface area contributed by atoms with Crippen LogP contribution in [-0.2, 0) is 16.6 Å². The highest BCUT2D eigenvalue weighted by molar-refractivity contribution is 7.89. The minimum Gasteiger partial charge on any atom is -0.435 e. The molecule has 0 aliphatic carbocycles. The molecule has 0 bridgehead atoms. The standard InChI is InChI=1S/C18H22F2N2O3S/c1-13(15-6-10-17(11-7-15)26(23,24)22(2)3)21-12-14-4-8-16(9-5-14)25-18(19)20/h4-11,13,18,21H,12H2,1-3H3. The second-order valence-corrected chi connectivity index (χ2v) is 8.13. The third-order valence-corrected chi connectivity index (χ3v) is 5.75. The minimum atomic E-state index is -3.44. The Labute approximate surface area is 152 Å². The molecule has 2 aromatic rings. The summed E-state index contributed by atoms with van der Waals surface area (Å²) in [4.78, 5) is 0.244. The van der Waals surface area contributed by atoms with E-state index in [4.69, 9.17) is 0 Å². The van der Waals surface area contributed by atoms with Gasteiger partial charge in [0.2, 0.25) is 10.0 Å². The van der Waals surface area contributed by atoms with Gasteiger partial charge in [0.1, 0.15) is 5.75 Å². The van der Waals surface area contributed by atoms with E-state index in [0.717, 1.165) is 11.1 Å². The van der Waals surface area contributed by atoms with Gasteiger partial charge in [0.15, 0.2) is 0 Å². The average Bonchev–Trinajstić information content (AvgIpc) is 2.60. The Bertz CT molecular complexity index is 807. The van der Waals surface area contributed by atoms with Crippen molar-refractivity contribution in [3.8, 4) is 5.75 Å². The lowest BCUT2D eigenvalue weighted by Gasteiger charge is -2.16. The summed E-state index contributed by atoms with van der Waals surface area (Å²) in [5, 5.41) is 3.31. The summed E-state index contributed by atoms with van der Waals surface area (Å²) in [5.41, 5.74) is 1.87. The summed E-state index contributed by atoms with van der Waals surface area (Å²) < 4.78 is 53.9. The Morgan fingerprint density at radius 1 is 1.04 bits per heavy atom. The maximum Gasteiger partial charge on any atom is 0.387 e. The Kier molecular flexibility index (Phi) is 6.69. The summed E-state index contributed by atoms with van der Waals surface area (Å²) in [7, 11) is -0.458. The fraction of sp³-hybridized carbons (Fsp3) is 0.333. The Morgan fingerprint density at radius 2 is 1.62 bits per heavy atom. The molecule has 0 aliphatic rings. The fourth-order valence-corrected chi connectivity index (χ4v) is 3.22. The minimum absolute atomic E-state index is 0.0110. The first-order valence-corrected chi connectivity index (χ1v) is 9.44. The molecular weight excluding hydrogens is 362 g/mol. The van der Waals surface area contributed by atoms with Crippen LogP contribution < -0.4 is 10.1 Å². The normalized spacial score (nSPS) is 13.2. The van der Waals surface area contributed by atoms with E-state index in [9.17, 15) is 17.2 Å². The predicted octanol–water partition coefficient (Wildman–Crippen LogP) is 3.39. The van der Waals surface area contributed by atoms with Gasteiger partial charge in [0.05, 0.1) is 4.90 Å². The van der Waals surface area contributed by atoms with Crippen LogP contribution in [0.3, 0.4) is 0 Å². The van der Waals surface area contributed by atoms with Crippen LogP contribution in [0, 0.1) is 0 Å². The topological polar surface area (TPSA) is 58.6 Å². The van der Waals surface area contributed by atoms with Gasteiger partial charge in [-0.25, -0.2) is 12.7 Å². The SMILES string of the molecule is CC(NCc1ccc(OC(F)F)cc1)c1ccc(S(=O)(=O)N(C)C)cc1. The molecule has 0 radical (unpaired) electrons. The third kappa shape index (κ3) is 5.23. The van der Waals surface area contributed by atoms with E-state index in [1.54, 1.807) is 36.4 Å². The molecule has 8 heteroatoms. The molecule has 0 saturated carbocycles. The third-order valence-electron chi connectivity index (χ3n) is 3.92. The van der Waals surface area contributed by atoms with Crippen LogP contribution >= 0.6 is 0 Å². The molecule has 2 rings (SSSR count). The van der Waals surface area contributed by atoms with Crippen molar-refractivity contribution in [2.75, 3.05) is 14.1 Å². The van der Waals surface area contributed by atoms with E-state index in [0.29, 0.717) is 6.54 Å². The molecule has 0 aliphatic heterocycles. The fourth-order valence-electron chi connectivity index (χ4n) is 2.32. The van der Waals surface area contributed by atoms with Crippen LogP contribution in [0.2, 0.25) is 0 Å². The zero-order valence-electron chi connectivity index (χ0n) is 14.8. The van der Waals surface area contributed by atoms with E-state index in [1.807, 2.05) is 6.92 Å². The quantitative estimate of drug-likeness (QED) is 0.758. The monoisotopic (exact) mass is 384 g/mol. The number of alkyl halides is 2. The molecule has 5 nitrogen and oxygen atoms in total. The Hall–Kier alpha value is -2.03. The van der Waals surface area contributed by atoms with Crippen LogP contribution in [0.15, 0.2) is 53.4 Å². The van der Waals surface area contributed by atoms with Gasteiger partial charge < -0.3 is 10.1 Å². The Balaban J connectivity index is 1.96. The molecule has 0 fully saturated rings. The van der Waals surface area contributed by atoms with Crippen LogP contribution in [0.5, 0.6) is 5.75 Å². The number of sulfonamides is 1. The number of benzene rings is 2. The number of hydrogen-bond acceptors (Lipinski definition) is 4. The van der Waals surface area contributed by atoms with Crippen molar-refractivity contribution >= 4 is 10.0 Å². The number of hydrogen-bond donors (Lipinski definition) is 1.